The number of hydrogen-bond acceptors (Lipinski definition) is 3. The molecule has 0 spiro atoms. The molecule has 1 aliphatic heterocycles. The third-order valence-corrected chi connectivity index (χ3v) is 5.47. The molecule has 0 aliphatic carbocycles. The van der Waals surface area contributed by atoms with E-state index in [-0.39, 0.29) is 5.91 Å². The molecule has 28 heavy (non-hydrogen) atoms. The molecule has 2 N–H and O–H groups in total. The fourth-order valence-electron chi connectivity index (χ4n) is 3.78. The first-order chi connectivity index (χ1) is 13.6. The van der Waals surface area contributed by atoms with E-state index in [0.717, 1.165) is 58.1 Å². The van der Waals surface area contributed by atoms with Gasteiger partial charge in [-0.1, -0.05) is 18.2 Å². The summed E-state index contributed by atoms with van der Waals surface area (Å²) in [5.41, 5.74) is 2.60. The van der Waals surface area contributed by atoms with Crippen molar-refractivity contribution >= 4 is 17.6 Å². The van der Waals surface area contributed by atoms with Gasteiger partial charge in [0, 0.05) is 51.9 Å². The maximum Gasteiger partial charge on any atom is 0.220 e. The number of aryl methyl sites for hydroxylation is 1. The third-order valence-electron chi connectivity index (χ3n) is 5.47. The molecule has 2 rings (SSSR count). The van der Waals surface area contributed by atoms with Crippen molar-refractivity contribution in [1.29, 1.82) is 0 Å². The summed E-state index contributed by atoms with van der Waals surface area (Å²) in [7, 11) is 1.71. The van der Waals surface area contributed by atoms with Crippen LogP contribution in [0.25, 0.3) is 0 Å². The SMILES string of the molecule is CCNC(=NCCN(CC)c1ccccc1C)N1CCC(CC(=O)NC)CC1. The van der Waals surface area contributed by atoms with Crippen LogP contribution in [0.5, 0.6) is 0 Å². The van der Waals surface area contributed by atoms with Crippen molar-refractivity contribution in [2.45, 2.75) is 40.0 Å². The van der Waals surface area contributed by atoms with Crippen LogP contribution >= 0.6 is 0 Å². The molecule has 1 fully saturated rings. The van der Waals surface area contributed by atoms with Gasteiger partial charge in [0.2, 0.25) is 5.91 Å². The zero-order chi connectivity index (χ0) is 20.4. The number of carbonyl (C=O) groups excluding carboxylic acids is 1. The van der Waals surface area contributed by atoms with E-state index in [1.165, 1.54) is 11.3 Å². The van der Waals surface area contributed by atoms with Gasteiger partial charge in [0.05, 0.1) is 6.54 Å². The molecule has 0 aromatic heterocycles. The molecule has 0 saturated carbocycles. The molecule has 6 nitrogen and oxygen atoms in total. The van der Waals surface area contributed by atoms with Crippen molar-refractivity contribution in [3.8, 4) is 0 Å². The second-order valence-corrected chi connectivity index (χ2v) is 7.41. The Labute approximate surface area is 170 Å². The van der Waals surface area contributed by atoms with Gasteiger partial charge >= 0.3 is 0 Å². The number of nitrogens with zero attached hydrogens (tertiary/aromatic N) is 3. The van der Waals surface area contributed by atoms with Gasteiger partial charge < -0.3 is 20.4 Å². The Hall–Kier alpha value is -2.24. The molecule has 1 aromatic rings. The first kappa shape index (κ1) is 22.1. The normalized spacial score (nSPS) is 15.4. The number of rotatable bonds is 8. The first-order valence-corrected chi connectivity index (χ1v) is 10.6. The van der Waals surface area contributed by atoms with Crippen molar-refractivity contribution in [2.24, 2.45) is 10.9 Å². The van der Waals surface area contributed by atoms with Crippen molar-refractivity contribution in [2.75, 3.05) is 51.2 Å². The fourth-order valence-corrected chi connectivity index (χ4v) is 3.78. The molecule has 1 amide bonds. The van der Waals surface area contributed by atoms with Crippen LogP contribution in [0.4, 0.5) is 5.69 Å². The predicted molar refractivity (Wildman–Crippen MR) is 118 cm³/mol. The van der Waals surface area contributed by atoms with Crippen LogP contribution in [0.3, 0.4) is 0 Å². The summed E-state index contributed by atoms with van der Waals surface area (Å²) in [6, 6.07) is 8.53. The smallest absolute Gasteiger partial charge is 0.220 e. The number of amides is 1. The predicted octanol–water partition coefficient (Wildman–Crippen LogP) is 2.63. The number of likely N-dealkylation sites (N-methyl/N-ethyl adjacent to an activating group) is 1. The number of guanidine groups is 1. The molecule has 1 aliphatic rings. The highest BCUT2D eigenvalue weighted by molar-refractivity contribution is 5.80. The molecule has 6 heteroatoms. The van der Waals surface area contributed by atoms with Gasteiger partial charge in [0.1, 0.15) is 0 Å². The number of hydrogen-bond donors (Lipinski definition) is 2. The minimum Gasteiger partial charge on any atom is -0.370 e. The Morgan fingerprint density at radius 3 is 2.57 bits per heavy atom. The second kappa shape index (κ2) is 11.6. The molecular weight excluding hydrogens is 350 g/mol. The van der Waals surface area contributed by atoms with Gasteiger partial charge in [-0.3, -0.25) is 9.79 Å². The molecule has 1 aromatic carbocycles. The summed E-state index contributed by atoms with van der Waals surface area (Å²) in [4.78, 5) is 21.2. The Morgan fingerprint density at radius 2 is 1.96 bits per heavy atom. The zero-order valence-corrected chi connectivity index (χ0v) is 18.0. The Balaban J connectivity index is 1.91. The summed E-state index contributed by atoms with van der Waals surface area (Å²) in [5, 5.41) is 6.17. The highest BCUT2D eigenvalue weighted by atomic mass is 16.1. The van der Waals surface area contributed by atoms with Gasteiger partial charge in [-0.05, 0) is 51.2 Å². The largest absolute Gasteiger partial charge is 0.370 e. The van der Waals surface area contributed by atoms with Crippen LogP contribution in [-0.4, -0.2) is 63.1 Å². The van der Waals surface area contributed by atoms with Crippen LogP contribution in [0.2, 0.25) is 0 Å². The summed E-state index contributed by atoms with van der Waals surface area (Å²) in [6.45, 7) is 11.9. The zero-order valence-electron chi connectivity index (χ0n) is 18.0. The van der Waals surface area contributed by atoms with Crippen molar-refractivity contribution in [3.05, 3.63) is 29.8 Å². The fraction of sp³-hybridized carbons (Fsp3) is 0.636. The van der Waals surface area contributed by atoms with E-state index < -0.39 is 0 Å². The van der Waals surface area contributed by atoms with E-state index in [1.54, 1.807) is 7.05 Å². The van der Waals surface area contributed by atoms with Gasteiger partial charge in [-0.25, -0.2) is 0 Å². The van der Waals surface area contributed by atoms with Gasteiger partial charge in [0.25, 0.3) is 0 Å². The van der Waals surface area contributed by atoms with E-state index in [2.05, 4.69) is 65.5 Å². The van der Waals surface area contributed by atoms with Crippen molar-refractivity contribution in [3.63, 3.8) is 0 Å². The average Bonchev–Trinajstić information content (AvgIpc) is 2.72. The van der Waals surface area contributed by atoms with E-state index in [1.807, 2.05) is 0 Å². The topological polar surface area (TPSA) is 60.0 Å². The van der Waals surface area contributed by atoms with Gasteiger partial charge in [-0.2, -0.15) is 0 Å². The molecule has 0 atom stereocenters. The van der Waals surface area contributed by atoms with E-state index >= 15 is 0 Å². The molecular formula is C22H37N5O. The van der Waals surface area contributed by atoms with Crippen LogP contribution in [0, 0.1) is 12.8 Å². The average molecular weight is 388 g/mol. The molecule has 0 bridgehead atoms. The Bertz CT molecular complexity index is 638. The number of aliphatic imine (C=N–C) groups is 1. The highest BCUT2D eigenvalue weighted by Crippen LogP contribution is 2.21. The van der Waals surface area contributed by atoms with Crippen LogP contribution in [0.15, 0.2) is 29.3 Å². The lowest BCUT2D eigenvalue weighted by Crippen LogP contribution is -2.46. The van der Waals surface area contributed by atoms with Crippen LogP contribution in [-0.2, 0) is 4.79 Å². The maximum atomic E-state index is 11.6. The lowest BCUT2D eigenvalue weighted by atomic mass is 9.93. The molecule has 1 saturated heterocycles. The van der Waals surface area contributed by atoms with Crippen molar-refractivity contribution in [1.82, 2.24) is 15.5 Å². The molecule has 156 valence electrons. The summed E-state index contributed by atoms with van der Waals surface area (Å²) >= 11 is 0. The lowest BCUT2D eigenvalue weighted by Gasteiger charge is -2.34. The summed E-state index contributed by atoms with van der Waals surface area (Å²) < 4.78 is 0. The number of benzene rings is 1. The number of likely N-dealkylation sites (tertiary alicyclic amines) is 1. The number of carbonyl (C=O) groups is 1. The molecule has 0 radical (unpaired) electrons. The molecule has 0 unspecified atom stereocenters. The number of nitrogens with one attached hydrogen (secondary N) is 2. The Kier molecular flexibility index (Phi) is 9.11. The third kappa shape index (κ3) is 6.43. The van der Waals surface area contributed by atoms with E-state index in [4.69, 9.17) is 4.99 Å². The monoisotopic (exact) mass is 387 g/mol. The minimum absolute atomic E-state index is 0.148. The quantitative estimate of drug-likeness (QED) is 0.532. The first-order valence-electron chi connectivity index (χ1n) is 10.6. The van der Waals surface area contributed by atoms with Gasteiger partial charge in [-0.15, -0.1) is 0 Å². The van der Waals surface area contributed by atoms with E-state index in [9.17, 15) is 4.79 Å². The van der Waals surface area contributed by atoms with E-state index in [0.29, 0.717) is 12.3 Å². The number of anilines is 1. The lowest BCUT2D eigenvalue weighted by molar-refractivity contribution is -0.121. The second-order valence-electron chi connectivity index (χ2n) is 7.41. The number of piperidine rings is 1. The summed E-state index contributed by atoms with van der Waals surface area (Å²) in [5.74, 6) is 1.63. The van der Waals surface area contributed by atoms with Crippen LogP contribution < -0.4 is 15.5 Å². The number of para-hydroxylation sites is 1. The Morgan fingerprint density at radius 1 is 1.25 bits per heavy atom. The molecule has 1 heterocycles. The maximum absolute atomic E-state index is 11.6. The standard InChI is InChI=1S/C22H37N5O/c1-5-24-22(27-14-11-19(12-15-27)17-21(28)23-4)25-13-16-26(6-2)20-10-8-7-9-18(20)3/h7-10,19H,5-6,11-17H2,1-4H3,(H,23,28)(H,24,25). The van der Waals surface area contributed by atoms with Crippen molar-refractivity contribution < 1.29 is 4.79 Å². The summed E-state index contributed by atoms with van der Waals surface area (Å²) in [6.07, 6.45) is 2.73. The van der Waals surface area contributed by atoms with Gasteiger partial charge in [0.15, 0.2) is 5.96 Å². The highest BCUT2D eigenvalue weighted by Gasteiger charge is 2.23. The van der Waals surface area contributed by atoms with Crippen LogP contribution in [0.1, 0.15) is 38.7 Å². The minimum atomic E-state index is 0.148.